The van der Waals surface area contributed by atoms with Crippen molar-refractivity contribution in [1.82, 2.24) is 20.0 Å². The van der Waals surface area contributed by atoms with Crippen LogP contribution in [0, 0.1) is 59.6 Å². The number of rotatable bonds is 37. The zero-order valence-corrected chi connectivity index (χ0v) is 95.8. The molecule has 0 aliphatic carbocycles. The van der Waals surface area contributed by atoms with Gasteiger partial charge in [0.15, 0.2) is 0 Å². The zero-order valence-electron chi connectivity index (χ0n) is 93.4. The average Bonchev–Trinajstić information content (AvgIpc) is 1.88. The predicted molar refractivity (Wildman–Crippen MR) is 561 cm³/mol. The van der Waals surface area contributed by atoms with E-state index in [2.05, 4.69) is 244 Å². The maximum Gasteiger partial charge on any atom is 0.340 e. The van der Waals surface area contributed by atoms with Gasteiger partial charge in [-0.3, -0.25) is 28.9 Å². The first-order chi connectivity index (χ1) is 60.6. The lowest BCUT2D eigenvalue weighted by molar-refractivity contribution is -0.143. The number of primary sulfonamides is 1. The number of sulfonamides is 1. The Bertz CT molecular complexity index is 3700. The first-order valence-corrected chi connectivity index (χ1v) is 54.8. The summed E-state index contributed by atoms with van der Waals surface area (Å²) < 4.78 is 73.4. The number of amides is 3. The number of primary amides is 1. The lowest BCUT2D eigenvalue weighted by Gasteiger charge is -2.34. The Morgan fingerprint density at radius 1 is 0.467 bits per heavy atom. The second-order valence-electron chi connectivity index (χ2n) is 49.8. The van der Waals surface area contributed by atoms with Gasteiger partial charge in [0.25, 0.3) is 0 Å². The summed E-state index contributed by atoms with van der Waals surface area (Å²) in [6.07, 6.45) is 27.1. The predicted octanol–water partition coefficient (Wildman–Crippen LogP) is 20.4. The van der Waals surface area contributed by atoms with Crippen LogP contribution in [-0.4, -0.2) is 238 Å². The molecule has 0 aromatic carbocycles. The largest absolute Gasteiger partial charge is 0.469 e. The summed E-state index contributed by atoms with van der Waals surface area (Å²) in [6.45, 7) is 76.4. The van der Waals surface area contributed by atoms with Gasteiger partial charge in [0.05, 0.1) is 75.1 Å². The number of unbranched alkanes of at least 4 members (excludes halogenated alkanes) is 2. The number of aliphatic hydroxyl groups excluding tert-OH is 2. The van der Waals surface area contributed by atoms with Crippen molar-refractivity contribution in [2.75, 3.05) is 124 Å². The molecule has 4 aliphatic heterocycles. The number of nitrogens with two attached hydrogens (primary N) is 2. The summed E-state index contributed by atoms with van der Waals surface area (Å²) in [6, 6.07) is -0.0866. The molecule has 33 heteroatoms. The van der Waals surface area contributed by atoms with Crippen LogP contribution in [0.15, 0.2) is 25.8 Å². The summed E-state index contributed by atoms with van der Waals surface area (Å²) in [5.41, 5.74) is 10.6. The van der Waals surface area contributed by atoms with E-state index in [0.717, 1.165) is 159 Å². The number of methoxy groups -OCH3 is 1. The van der Waals surface area contributed by atoms with E-state index in [1.54, 1.807) is 0 Å². The minimum atomic E-state index is -3.26. The summed E-state index contributed by atoms with van der Waals surface area (Å²) in [4.78, 5) is 92.5. The number of hydrogen-bond acceptors (Lipinski definition) is 26. The minimum absolute atomic E-state index is 0.00405. The number of Topliss-reactive ketones (excluding diaryl/α,β-unsaturated/α-hetero) is 1. The van der Waals surface area contributed by atoms with Gasteiger partial charge in [0.2, 0.25) is 27.7 Å². The van der Waals surface area contributed by atoms with Crippen molar-refractivity contribution >= 4 is 88.2 Å². The molecule has 30 nitrogen and oxygen atoms in total. The van der Waals surface area contributed by atoms with Crippen LogP contribution in [0.2, 0.25) is 0 Å². The Balaban J connectivity index is -0.000000268. The lowest BCUT2D eigenvalue weighted by atomic mass is 9.89. The molecule has 1 saturated heterocycles. The number of likely N-dealkylation sites (N-methyl/N-ethyl adjacent to an activating group) is 2. The van der Waals surface area contributed by atoms with E-state index < -0.39 is 29.7 Å². The van der Waals surface area contributed by atoms with E-state index in [-0.39, 0.29) is 81.8 Å². The Kier molecular flexibility index (Phi) is 75.3. The average molecular weight is 1990 g/mol. The molecule has 4 heterocycles. The van der Waals surface area contributed by atoms with Gasteiger partial charge in [0, 0.05) is 89.0 Å². The molecule has 1 atom stereocenters. The van der Waals surface area contributed by atoms with Crippen molar-refractivity contribution < 1.29 is 88.2 Å². The molecular formula is C102H207N11O19S3. The fourth-order valence-electron chi connectivity index (χ4n) is 11.9. The van der Waals surface area contributed by atoms with Gasteiger partial charge in [-0.2, -0.15) is 5.11 Å². The molecule has 1 unspecified atom stereocenters. The molecule has 0 radical (unpaired) electrons. The second kappa shape index (κ2) is 71.2. The van der Waals surface area contributed by atoms with E-state index >= 15 is 0 Å². The molecule has 0 aromatic rings. The first kappa shape index (κ1) is 143. The number of sulfone groups is 2. The molecule has 4 aliphatic rings. The summed E-state index contributed by atoms with van der Waals surface area (Å²) in [5, 5.41) is 43.4. The second-order valence-corrected chi connectivity index (χ2v) is 56.0. The van der Waals surface area contributed by atoms with Crippen LogP contribution < -0.4 is 16.2 Å². The molecule has 0 bridgehead atoms. The van der Waals surface area contributed by atoms with E-state index in [9.17, 15) is 58.8 Å². The summed E-state index contributed by atoms with van der Waals surface area (Å²) >= 11 is 0. The third kappa shape index (κ3) is 125. The number of carbonyl (C=O) groups excluding carboxylic acids is 7. The van der Waals surface area contributed by atoms with Crippen LogP contribution in [-0.2, 0) is 82.4 Å². The van der Waals surface area contributed by atoms with Gasteiger partial charge in [-0.25, -0.2) is 40.0 Å². The molecule has 3 amide bonds. The molecule has 802 valence electrons. The molecule has 4 rings (SSSR count). The highest BCUT2D eigenvalue weighted by atomic mass is 32.2. The van der Waals surface area contributed by atoms with Crippen molar-refractivity contribution in [2.24, 2.45) is 96.2 Å². The number of carbonyl (C=O) groups is 7. The van der Waals surface area contributed by atoms with Gasteiger partial charge in [-0.1, -0.05) is 258 Å². The van der Waals surface area contributed by atoms with Crippen molar-refractivity contribution in [3.8, 4) is 0 Å². The van der Waals surface area contributed by atoms with E-state index in [4.69, 9.17) is 25.8 Å². The first-order valence-electron chi connectivity index (χ1n) is 49.0. The zero-order chi connectivity index (χ0) is 107. The highest BCUT2D eigenvalue weighted by molar-refractivity contribution is 7.91. The maximum atomic E-state index is 11.9. The van der Waals surface area contributed by atoms with Gasteiger partial charge in [-0.15, -0.1) is 5.10 Å². The summed E-state index contributed by atoms with van der Waals surface area (Å²) in [5.74, 6) is 0.598. The molecule has 135 heavy (non-hydrogen) atoms. The lowest BCUT2D eigenvalue weighted by Crippen LogP contribution is -2.47. The van der Waals surface area contributed by atoms with Gasteiger partial charge >= 0.3 is 17.9 Å². The number of nitrogens with one attached hydrogen (secondary N) is 1. The monoisotopic (exact) mass is 1990 g/mol. The smallest absolute Gasteiger partial charge is 0.340 e. The molecule has 0 saturated carbocycles. The van der Waals surface area contributed by atoms with Crippen LogP contribution in [0.25, 0.3) is 0 Å². The standard InChI is InChI=1S/C14H30N2O2.C11H22N2O.C11H22O3.C10H17NO2.C9H17N3.C9H15NO2.C9H20O2S.C8H17NO.C8H18O2S.C7H14O2.C6H15NO2S/c1-14(2,3)9-7-6-8-12(16(4)5)13(18)15-10-11-17;1-11(2,3)9-10(14)13-7-5-12(4)6-8-13;1-11(2,3)9-10(13)5-4-7-14-8-6-12;1-10(2,3)6-4-5-8-7-9(12)13-11-8;1-9(2,3)6-4-5-8-7-10-12-11-8;1-9(2,3)5-4-7-6-8(11)12-10-7;1-9(2,3)7-5-6-8-12(4,10)11;1-8(2,3)6-4-5-7(9)10;1-8(2,3)6-5-7-11(4,9)10;1-7(2,3)5-6(8)9-4;1-6(2,3)4-5-10(7,8)9/h12,17H,6-11H2,1-5H3,(H,15,18);5-9H2,1-4H3;12H,4-9H2,1-3H3;4-7H2,1-3H3;4-7H2,1-3H3;4-6H2,1-3H3;5-8H2,1-4H3;4-6H2,1-3H3,(H2,9,10);5-7H2,1-4H3;5H2,1-4H3;4-5H2,1-3H3,(H2,7,8,9). The number of oxime groups is 2. The molecule has 0 aromatic heterocycles. The third-order valence-electron chi connectivity index (χ3n) is 19.5. The highest BCUT2D eigenvalue weighted by Gasteiger charge is 2.27. The quantitative estimate of drug-likeness (QED) is 0.0219. The normalized spacial score (nSPS) is 14.7. The Labute approximate surface area is 825 Å². The summed E-state index contributed by atoms with van der Waals surface area (Å²) in [7, 11) is -1.39. The fourth-order valence-corrected chi connectivity index (χ4v) is 14.2. The van der Waals surface area contributed by atoms with E-state index in [1.807, 2.05) is 65.4 Å². The van der Waals surface area contributed by atoms with Crippen LogP contribution in [0.3, 0.4) is 0 Å². The van der Waals surface area contributed by atoms with E-state index in [1.165, 1.54) is 38.9 Å². The van der Waals surface area contributed by atoms with Crippen molar-refractivity contribution in [1.29, 1.82) is 0 Å². The number of ketones is 1. The Hall–Kier alpha value is -5.29. The maximum absolute atomic E-state index is 11.9. The SMILES string of the molecule is CC(C)(C)CC(=O)CCCOCCO.CC(C)(C)CCC1=NOC(=O)C1.CC(C)(C)CCCC(N)=O.CC(C)(C)CCCC1=NN=NC1.CC(C)(C)CCCC1=NOC(=O)C1.CC(C)(C)CCCCS(C)(=O)=O.CC(C)(C)CCCS(C)(=O)=O.CC(C)(C)CCS(N)(=O)=O.CN(C)C(CCCCC(C)(C)C)C(=O)NCCO.CN1CCN(C(=O)CC(C)(C)C)CC1.COC(=O)CC(C)(C)C. The van der Waals surface area contributed by atoms with Gasteiger partial charge in [0.1, 0.15) is 32.0 Å². The van der Waals surface area contributed by atoms with Crippen molar-refractivity contribution in [2.45, 2.75) is 414 Å². The van der Waals surface area contributed by atoms with Gasteiger partial charge in [-0.05, 0) is 202 Å². The molecule has 1 fully saturated rings. The molecule has 7 N–H and O–H groups in total. The Morgan fingerprint density at radius 3 is 1.19 bits per heavy atom. The number of aliphatic hydroxyl groups is 2. The van der Waals surface area contributed by atoms with E-state index in [0.29, 0.717) is 127 Å². The number of ether oxygens (including phenoxy) is 2. The topological polar surface area (TPSA) is 435 Å². The van der Waals surface area contributed by atoms with Crippen LogP contribution in [0.4, 0.5) is 0 Å². The number of nitrogens with zero attached hydrogens (tertiary/aromatic N) is 8. The van der Waals surface area contributed by atoms with Crippen LogP contribution in [0.1, 0.15) is 408 Å². The minimum Gasteiger partial charge on any atom is -0.469 e. The van der Waals surface area contributed by atoms with Crippen LogP contribution in [0.5, 0.6) is 0 Å². The number of hydrogen-bond donors (Lipinski definition) is 5. The highest BCUT2D eigenvalue weighted by Crippen LogP contribution is 2.30. The van der Waals surface area contributed by atoms with Crippen LogP contribution >= 0.6 is 0 Å². The molecule has 0 spiro atoms. The number of esters is 1. The number of piperazine rings is 1. The molecular weight excluding hydrogens is 1780 g/mol. The fraction of sp³-hybridized carbons (Fsp3) is 0.902. The van der Waals surface area contributed by atoms with Crippen molar-refractivity contribution in [3.05, 3.63) is 0 Å². The van der Waals surface area contributed by atoms with Gasteiger partial charge < -0.3 is 50.2 Å². The van der Waals surface area contributed by atoms with Crippen molar-refractivity contribution in [3.63, 3.8) is 0 Å². The third-order valence-corrected chi connectivity index (χ3v) is 22.3. The Morgan fingerprint density at radius 2 is 0.859 bits per heavy atom.